The third kappa shape index (κ3) is 9.60. The molecule has 40 heavy (non-hydrogen) atoms. The van der Waals surface area contributed by atoms with Crippen LogP contribution in [0.3, 0.4) is 0 Å². The molecule has 2 aromatic rings. The average molecular weight is 689 g/mol. The molecule has 0 bridgehead atoms. The lowest BCUT2D eigenvalue weighted by atomic mass is 9.92. The van der Waals surface area contributed by atoms with E-state index in [2.05, 4.69) is 20.9 Å². The number of nitrogens with zero attached hydrogens (tertiary/aromatic N) is 1. The quantitative estimate of drug-likeness (QED) is 0.125. The fourth-order valence-corrected chi connectivity index (χ4v) is 4.87. The summed E-state index contributed by atoms with van der Waals surface area (Å²) in [5.74, 6) is -2.43. The van der Waals surface area contributed by atoms with E-state index in [1.165, 1.54) is 38.7 Å². The lowest BCUT2D eigenvalue weighted by Crippen LogP contribution is -2.60. The van der Waals surface area contributed by atoms with Gasteiger partial charge in [0, 0.05) is 18.6 Å². The van der Waals surface area contributed by atoms with Gasteiger partial charge in [0.1, 0.15) is 17.0 Å². The summed E-state index contributed by atoms with van der Waals surface area (Å²) in [6.07, 6.45) is 1.52. The summed E-state index contributed by atoms with van der Waals surface area (Å²) < 4.78 is 15.5. The van der Waals surface area contributed by atoms with Crippen LogP contribution in [0.1, 0.15) is 27.2 Å². The normalized spacial score (nSPS) is 14.6. The monoisotopic (exact) mass is 688 g/mol. The van der Waals surface area contributed by atoms with Gasteiger partial charge in [-0.1, -0.05) is 52.9 Å². The number of amides is 3. The molecule has 14 heteroatoms. The van der Waals surface area contributed by atoms with Gasteiger partial charge in [-0.3, -0.25) is 24.0 Å². The molecule has 12 nitrogen and oxygen atoms in total. The molecule has 0 aliphatic heterocycles. The minimum Gasteiger partial charge on any atom is -0.453 e. The number of halogens is 1. The van der Waals surface area contributed by atoms with Crippen LogP contribution < -0.4 is 16.0 Å². The Labute approximate surface area is 250 Å². The molecule has 0 aliphatic rings. The second-order valence-corrected chi connectivity index (χ2v) is 10.9. The van der Waals surface area contributed by atoms with Crippen molar-refractivity contribution in [1.29, 1.82) is 0 Å². The van der Waals surface area contributed by atoms with Crippen LogP contribution in [0, 0.1) is 6.92 Å². The SMILES string of the molecule is COC[C@H](NC(=O)c1cnc(C)s1)C(=O)N[C@@H](COC)C(=O)N[C@@H](Cc1ccccc1)C(=O)[C@@](C)(CI)OC=O. The van der Waals surface area contributed by atoms with Crippen molar-refractivity contribution in [3.05, 3.63) is 52.0 Å². The van der Waals surface area contributed by atoms with Gasteiger partial charge in [0.15, 0.2) is 11.4 Å². The van der Waals surface area contributed by atoms with Gasteiger partial charge in [0.2, 0.25) is 11.8 Å². The number of alkyl halides is 1. The number of ketones is 1. The van der Waals surface area contributed by atoms with E-state index in [0.717, 1.165) is 5.56 Å². The van der Waals surface area contributed by atoms with Crippen molar-refractivity contribution in [3.63, 3.8) is 0 Å². The Morgan fingerprint density at radius 3 is 2.08 bits per heavy atom. The summed E-state index contributed by atoms with van der Waals surface area (Å²) in [6.45, 7) is 3.03. The van der Waals surface area contributed by atoms with Crippen LogP contribution in [-0.2, 0) is 39.8 Å². The zero-order valence-corrected chi connectivity index (χ0v) is 25.6. The maximum absolute atomic E-state index is 13.5. The Bertz CT molecular complexity index is 1160. The van der Waals surface area contributed by atoms with Crippen LogP contribution in [0.2, 0.25) is 0 Å². The highest BCUT2D eigenvalue weighted by Gasteiger charge is 2.40. The van der Waals surface area contributed by atoms with Crippen molar-refractivity contribution < 1.29 is 38.2 Å². The lowest BCUT2D eigenvalue weighted by molar-refractivity contribution is -0.153. The van der Waals surface area contributed by atoms with Crippen LogP contribution in [0.5, 0.6) is 0 Å². The number of carbonyl (C=O) groups excluding carboxylic acids is 5. The standard InChI is InChI=1S/C26H33IN4O8S/c1-16-28-11-21(40-16)25(36)31-20(13-38-4)24(35)30-19(12-37-3)23(34)29-18(10-17-8-6-5-7-9-17)22(33)26(2,14-27)39-15-32/h5-9,11,15,18-20H,10,12-14H2,1-4H3,(H,29,34)(H,30,35)(H,31,36)/t18-,19-,20-,26+/m0/s1. The molecular formula is C26H33IN4O8S. The summed E-state index contributed by atoms with van der Waals surface area (Å²) in [4.78, 5) is 68.1. The number of hydrogen-bond donors (Lipinski definition) is 3. The largest absolute Gasteiger partial charge is 0.453 e. The maximum atomic E-state index is 13.5. The number of thiazole rings is 1. The summed E-state index contributed by atoms with van der Waals surface area (Å²) in [6, 6.07) is 5.57. The Morgan fingerprint density at radius 1 is 1.00 bits per heavy atom. The highest BCUT2D eigenvalue weighted by atomic mass is 127. The zero-order valence-electron chi connectivity index (χ0n) is 22.6. The Balaban J connectivity index is 2.23. The van der Waals surface area contributed by atoms with Crippen molar-refractivity contribution in [2.45, 2.75) is 44.0 Å². The second-order valence-electron chi connectivity index (χ2n) is 8.94. The molecule has 1 aromatic heterocycles. The Morgan fingerprint density at radius 2 is 1.57 bits per heavy atom. The summed E-state index contributed by atoms with van der Waals surface area (Å²) in [5, 5.41) is 8.53. The highest BCUT2D eigenvalue weighted by molar-refractivity contribution is 14.1. The van der Waals surface area contributed by atoms with Crippen molar-refractivity contribution in [2.75, 3.05) is 31.9 Å². The number of nitrogens with one attached hydrogen (secondary N) is 3. The van der Waals surface area contributed by atoms with E-state index >= 15 is 0 Å². The van der Waals surface area contributed by atoms with Crippen LogP contribution in [0.4, 0.5) is 0 Å². The van der Waals surface area contributed by atoms with Gasteiger partial charge in [-0.15, -0.1) is 11.3 Å². The number of ether oxygens (including phenoxy) is 3. The third-order valence-corrected chi connectivity index (χ3v) is 8.13. The smallest absolute Gasteiger partial charge is 0.294 e. The molecule has 2 rings (SSSR count). The van der Waals surface area contributed by atoms with E-state index in [9.17, 15) is 24.0 Å². The number of Topliss-reactive ketones (excluding diaryl/α,β-unsaturated/α-hetero) is 1. The van der Waals surface area contributed by atoms with Gasteiger partial charge in [-0.05, 0) is 25.8 Å². The average Bonchev–Trinajstić information content (AvgIpc) is 3.38. The number of rotatable bonds is 17. The first-order valence-corrected chi connectivity index (χ1v) is 14.5. The zero-order chi connectivity index (χ0) is 29.7. The molecule has 0 spiro atoms. The van der Waals surface area contributed by atoms with Crippen LogP contribution in [0.15, 0.2) is 36.5 Å². The molecule has 0 fully saturated rings. The van der Waals surface area contributed by atoms with Gasteiger partial charge in [0.05, 0.1) is 30.5 Å². The molecule has 0 saturated heterocycles. The predicted octanol–water partition coefficient (Wildman–Crippen LogP) is 0.991. The van der Waals surface area contributed by atoms with Crippen molar-refractivity contribution >= 4 is 63.9 Å². The number of methoxy groups -OCH3 is 2. The predicted molar refractivity (Wildman–Crippen MR) is 155 cm³/mol. The molecule has 3 N–H and O–H groups in total. The van der Waals surface area contributed by atoms with E-state index in [-0.39, 0.29) is 30.5 Å². The van der Waals surface area contributed by atoms with Crippen LogP contribution in [-0.4, -0.2) is 90.5 Å². The molecule has 0 unspecified atom stereocenters. The van der Waals surface area contributed by atoms with Crippen LogP contribution in [0.25, 0.3) is 0 Å². The molecule has 0 radical (unpaired) electrons. The van der Waals surface area contributed by atoms with Gasteiger partial charge in [-0.2, -0.15) is 0 Å². The van der Waals surface area contributed by atoms with E-state index < -0.39 is 47.2 Å². The number of aromatic nitrogens is 1. The fraction of sp³-hybridized carbons (Fsp3) is 0.462. The van der Waals surface area contributed by atoms with Crippen molar-refractivity contribution in [2.24, 2.45) is 0 Å². The van der Waals surface area contributed by atoms with E-state index in [0.29, 0.717) is 9.88 Å². The molecule has 0 aliphatic carbocycles. The Kier molecular flexibility index (Phi) is 13.6. The molecule has 218 valence electrons. The Hall–Kier alpha value is -2.95. The first-order valence-electron chi connectivity index (χ1n) is 12.2. The van der Waals surface area contributed by atoms with Crippen molar-refractivity contribution in [1.82, 2.24) is 20.9 Å². The van der Waals surface area contributed by atoms with E-state index in [1.807, 2.05) is 28.7 Å². The third-order valence-electron chi connectivity index (χ3n) is 5.77. The molecular weight excluding hydrogens is 655 g/mol. The number of hydrogen-bond acceptors (Lipinski definition) is 10. The second kappa shape index (κ2) is 16.3. The van der Waals surface area contributed by atoms with Crippen molar-refractivity contribution in [3.8, 4) is 0 Å². The summed E-state index contributed by atoms with van der Waals surface area (Å²) >= 11 is 3.10. The number of aryl methyl sites for hydroxylation is 1. The molecule has 4 atom stereocenters. The van der Waals surface area contributed by atoms with E-state index in [1.54, 1.807) is 31.2 Å². The van der Waals surface area contributed by atoms with E-state index in [4.69, 9.17) is 14.2 Å². The first-order chi connectivity index (χ1) is 19.1. The van der Waals surface area contributed by atoms with Gasteiger partial charge >= 0.3 is 0 Å². The molecule has 3 amide bonds. The minimum absolute atomic E-state index is 0.115. The highest BCUT2D eigenvalue weighted by Crippen LogP contribution is 2.19. The first kappa shape index (κ1) is 33.3. The summed E-state index contributed by atoms with van der Waals surface area (Å²) in [5.41, 5.74) is -0.728. The molecule has 1 aromatic carbocycles. The number of carbonyl (C=O) groups is 5. The molecule has 1 heterocycles. The topological polar surface area (TPSA) is 162 Å². The minimum atomic E-state index is -1.49. The maximum Gasteiger partial charge on any atom is 0.294 e. The fourth-order valence-electron chi connectivity index (χ4n) is 3.63. The lowest BCUT2D eigenvalue weighted by Gasteiger charge is -2.30. The van der Waals surface area contributed by atoms with Gasteiger partial charge in [-0.25, -0.2) is 4.98 Å². The molecule has 0 saturated carbocycles. The van der Waals surface area contributed by atoms with Gasteiger partial charge in [0.25, 0.3) is 12.4 Å². The summed E-state index contributed by atoms with van der Waals surface area (Å²) in [7, 11) is 2.72. The number of benzene rings is 1. The van der Waals surface area contributed by atoms with Gasteiger partial charge < -0.3 is 30.2 Å². The van der Waals surface area contributed by atoms with Crippen LogP contribution >= 0.6 is 33.9 Å².